The lowest BCUT2D eigenvalue weighted by Crippen LogP contribution is -2.31. The third kappa shape index (κ3) is 8.51. The van der Waals surface area contributed by atoms with Gasteiger partial charge in [-0.2, -0.15) is 0 Å². The van der Waals surface area contributed by atoms with Crippen molar-refractivity contribution in [1.29, 1.82) is 0 Å². The van der Waals surface area contributed by atoms with Gasteiger partial charge in [0.2, 0.25) is 6.33 Å². The number of aryl methyl sites for hydroxylation is 2. The van der Waals surface area contributed by atoms with Crippen molar-refractivity contribution < 1.29 is 14.5 Å². The smallest absolute Gasteiger partial charge is 0.379 e. The Kier molecular flexibility index (Phi) is 11.2. The van der Waals surface area contributed by atoms with Gasteiger partial charge in [-0.1, -0.05) is 65.2 Å². The van der Waals surface area contributed by atoms with E-state index < -0.39 is 5.97 Å². The monoisotopic (exact) mass is 337 g/mol. The van der Waals surface area contributed by atoms with Gasteiger partial charge in [-0.3, -0.25) is 0 Å². The fraction of sp³-hybridized carbons (Fsp3) is 0.800. The molecule has 1 rings (SSSR count). The number of aromatic carboxylic acids is 1. The number of hydrogen-bond donors (Lipinski definition) is 1. The van der Waals surface area contributed by atoms with Gasteiger partial charge in [0.25, 0.3) is 5.69 Å². The van der Waals surface area contributed by atoms with Crippen molar-refractivity contribution in [3.8, 4) is 0 Å². The first-order valence-electron chi connectivity index (χ1n) is 10.0. The van der Waals surface area contributed by atoms with Crippen molar-refractivity contribution in [2.45, 2.75) is 104 Å². The van der Waals surface area contributed by atoms with E-state index in [2.05, 4.69) is 18.4 Å². The van der Waals surface area contributed by atoms with Crippen LogP contribution in [0.1, 0.15) is 101 Å². The van der Waals surface area contributed by atoms with Gasteiger partial charge in [0.15, 0.2) is 0 Å². The number of carbonyl (C=O) groups is 1. The predicted octanol–water partition coefficient (Wildman–Crippen LogP) is 5.19. The van der Waals surface area contributed by atoms with Crippen LogP contribution in [-0.2, 0) is 13.1 Å². The molecule has 1 aromatic rings. The molecule has 138 valence electrons. The molecule has 0 spiro atoms. The lowest BCUT2D eigenvalue weighted by Gasteiger charge is -2.00. The molecule has 0 aliphatic carbocycles. The topological polar surface area (TPSA) is 46.1 Å². The van der Waals surface area contributed by atoms with Crippen LogP contribution in [0.15, 0.2) is 12.5 Å². The van der Waals surface area contributed by atoms with Gasteiger partial charge in [-0.05, 0) is 25.7 Å². The minimum Gasteiger partial charge on any atom is -0.475 e. The first-order valence-corrected chi connectivity index (χ1v) is 10.0. The zero-order valence-corrected chi connectivity index (χ0v) is 15.8. The molecule has 4 heteroatoms. The number of unbranched alkanes of at least 4 members (excludes halogenated alkanes) is 10. The van der Waals surface area contributed by atoms with Crippen LogP contribution in [0.5, 0.6) is 0 Å². The molecule has 0 saturated carbocycles. The maximum absolute atomic E-state index is 11.4. The van der Waals surface area contributed by atoms with Gasteiger partial charge in [-0.15, -0.1) is 0 Å². The number of carboxylic acids is 1. The predicted molar refractivity (Wildman–Crippen MR) is 98.3 cm³/mol. The van der Waals surface area contributed by atoms with Crippen molar-refractivity contribution in [2.75, 3.05) is 0 Å². The third-order valence-electron chi connectivity index (χ3n) is 4.63. The summed E-state index contributed by atoms with van der Waals surface area (Å²) in [4.78, 5) is 11.4. The molecule has 0 atom stereocenters. The number of hydrogen-bond acceptors (Lipinski definition) is 1. The summed E-state index contributed by atoms with van der Waals surface area (Å²) >= 11 is 0. The van der Waals surface area contributed by atoms with E-state index in [-0.39, 0.29) is 0 Å². The van der Waals surface area contributed by atoms with Crippen molar-refractivity contribution in [1.82, 2.24) is 4.57 Å². The van der Waals surface area contributed by atoms with Crippen LogP contribution in [0.3, 0.4) is 0 Å². The summed E-state index contributed by atoms with van der Waals surface area (Å²) in [5.74, 6) is -0.817. The Bertz CT molecular complexity index is 454. The Morgan fingerprint density at radius 2 is 1.46 bits per heavy atom. The van der Waals surface area contributed by atoms with Crippen molar-refractivity contribution in [3.63, 3.8) is 0 Å². The van der Waals surface area contributed by atoms with Gasteiger partial charge >= 0.3 is 5.97 Å². The number of nitrogens with zero attached hydrogens (tertiary/aromatic N) is 2. The largest absolute Gasteiger partial charge is 0.475 e. The lowest BCUT2D eigenvalue weighted by atomic mass is 10.1. The second kappa shape index (κ2) is 13.0. The zero-order chi connectivity index (χ0) is 17.6. The quantitative estimate of drug-likeness (QED) is 0.353. The molecular weight excluding hydrogens is 300 g/mol. The van der Waals surface area contributed by atoms with E-state index in [1.54, 1.807) is 6.20 Å². The van der Waals surface area contributed by atoms with Gasteiger partial charge in [0, 0.05) is 0 Å². The molecule has 0 bridgehead atoms. The molecule has 1 aromatic heterocycles. The molecular formula is C20H37N2O2+. The molecule has 0 unspecified atom stereocenters. The second-order valence-corrected chi connectivity index (χ2v) is 6.90. The normalized spacial score (nSPS) is 11.1. The van der Waals surface area contributed by atoms with Gasteiger partial charge < -0.3 is 5.11 Å². The van der Waals surface area contributed by atoms with E-state index >= 15 is 0 Å². The molecule has 0 amide bonds. The van der Waals surface area contributed by atoms with Crippen molar-refractivity contribution >= 4 is 5.97 Å². The fourth-order valence-corrected chi connectivity index (χ4v) is 3.12. The van der Waals surface area contributed by atoms with Gasteiger partial charge in [-0.25, -0.2) is 13.9 Å². The third-order valence-corrected chi connectivity index (χ3v) is 4.63. The molecule has 24 heavy (non-hydrogen) atoms. The Balaban J connectivity index is 2.35. The molecule has 1 N–H and O–H groups in total. The summed E-state index contributed by atoms with van der Waals surface area (Å²) in [6.45, 7) is 6.20. The van der Waals surface area contributed by atoms with Crippen LogP contribution in [0.4, 0.5) is 0 Å². The highest BCUT2D eigenvalue weighted by Gasteiger charge is 2.19. The number of rotatable bonds is 15. The Hall–Kier alpha value is -1.32. The Labute approximate surface area is 147 Å². The van der Waals surface area contributed by atoms with E-state index in [1.807, 2.05) is 10.9 Å². The molecule has 4 nitrogen and oxygen atoms in total. The zero-order valence-electron chi connectivity index (χ0n) is 15.8. The summed E-state index contributed by atoms with van der Waals surface area (Å²) in [5.41, 5.74) is 0.426. The van der Waals surface area contributed by atoms with Crippen molar-refractivity contribution in [2.24, 2.45) is 0 Å². The van der Waals surface area contributed by atoms with Crippen LogP contribution in [-0.4, -0.2) is 15.6 Å². The highest BCUT2D eigenvalue weighted by atomic mass is 16.4. The summed E-state index contributed by atoms with van der Waals surface area (Å²) in [6.07, 6.45) is 18.7. The Morgan fingerprint density at radius 3 is 2.04 bits per heavy atom. The van der Waals surface area contributed by atoms with Gasteiger partial charge in [0.05, 0.1) is 13.1 Å². The van der Waals surface area contributed by atoms with E-state index in [9.17, 15) is 9.90 Å². The highest BCUT2D eigenvalue weighted by Crippen LogP contribution is 2.08. The van der Waals surface area contributed by atoms with Crippen LogP contribution in [0.25, 0.3) is 0 Å². The van der Waals surface area contributed by atoms with E-state index in [0.717, 1.165) is 25.9 Å². The van der Waals surface area contributed by atoms with E-state index in [0.29, 0.717) is 5.69 Å². The summed E-state index contributed by atoms with van der Waals surface area (Å²) in [5, 5.41) is 9.39. The number of aromatic nitrogens is 2. The number of carboxylic acid groups (broad SMARTS) is 1. The standard InChI is InChI=1S/C20H36N2O2/c1-3-5-7-9-11-13-15-21-17-19(20(23)24)22(18-21)16-14-12-10-8-6-4-2/h17-18H,3-16H2,1-2H3/p+1. The first kappa shape index (κ1) is 20.7. The average Bonchev–Trinajstić information content (AvgIpc) is 2.97. The Morgan fingerprint density at radius 1 is 0.917 bits per heavy atom. The van der Waals surface area contributed by atoms with E-state index in [1.165, 1.54) is 64.2 Å². The van der Waals surface area contributed by atoms with E-state index in [4.69, 9.17) is 0 Å². The van der Waals surface area contributed by atoms with Gasteiger partial charge in [0.1, 0.15) is 6.20 Å². The first-order chi connectivity index (χ1) is 11.7. The molecule has 0 aliphatic heterocycles. The molecule has 0 aliphatic rings. The second-order valence-electron chi connectivity index (χ2n) is 6.90. The fourth-order valence-electron chi connectivity index (χ4n) is 3.12. The minimum atomic E-state index is -0.817. The molecule has 1 heterocycles. The maximum Gasteiger partial charge on any atom is 0.379 e. The minimum absolute atomic E-state index is 0.426. The molecule has 0 aromatic carbocycles. The lowest BCUT2D eigenvalue weighted by molar-refractivity contribution is -0.697. The van der Waals surface area contributed by atoms with Crippen LogP contribution < -0.4 is 4.57 Å². The van der Waals surface area contributed by atoms with Crippen LogP contribution >= 0.6 is 0 Å². The SMILES string of the molecule is CCCCCCCCn1c[n+](CCCCCCCC)cc1C(=O)O. The molecule has 0 fully saturated rings. The molecule has 0 saturated heterocycles. The van der Waals surface area contributed by atoms with Crippen LogP contribution in [0.2, 0.25) is 0 Å². The summed E-state index contributed by atoms with van der Waals surface area (Å²) in [7, 11) is 0. The van der Waals surface area contributed by atoms with Crippen molar-refractivity contribution in [3.05, 3.63) is 18.2 Å². The van der Waals surface area contributed by atoms with Crippen LogP contribution in [0, 0.1) is 0 Å². The maximum atomic E-state index is 11.4. The summed E-state index contributed by atoms with van der Waals surface area (Å²) < 4.78 is 3.97. The summed E-state index contributed by atoms with van der Waals surface area (Å²) in [6, 6.07) is 0. The number of imidazole rings is 1. The molecule has 0 radical (unpaired) electrons. The average molecular weight is 338 g/mol. The highest BCUT2D eigenvalue weighted by molar-refractivity contribution is 5.84.